The number of carbonyl (C=O) groups is 1. The van der Waals surface area contributed by atoms with Gasteiger partial charge in [-0.3, -0.25) is 4.79 Å². The second kappa shape index (κ2) is 9.13. The van der Waals surface area contributed by atoms with Gasteiger partial charge < -0.3 is 24.4 Å². The summed E-state index contributed by atoms with van der Waals surface area (Å²) in [6.45, 7) is 4.85. The highest BCUT2D eigenvalue weighted by molar-refractivity contribution is 7.99. The standard InChI is InChI=1S/C21H26O6S/c1-4-28-21-20(25-13(3)23)19(17(24)16(11-22)26-21)27-18-12(2)9-10-14-7-5-6-8-15(14)18/h5-10,16-17,19-22,24H,4,11H2,1-3H3/t16-,17-,19+,20-,21?/m1/s1. The zero-order valence-corrected chi connectivity index (χ0v) is 17.0. The van der Waals surface area contributed by atoms with E-state index in [1.807, 2.05) is 50.2 Å². The summed E-state index contributed by atoms with van der Waals surface area (Å²) in [6, 6.07) is 11.8. The summed E-state index contributed by atoms with van der Waals surface area (Å²) in [6.07, 6.45) is -3.65. The molecule has 7 heteroatoms. The van der Waals surface area contributed by atoms with Crippen LogP contribution in [-0.2, 0) is 14.3 Å². The van der Waals surface area contributed by atoms with E-state index in [4.69, 9.17) is 14.2 Å². The second-order valence-corrected chi connectivity index (χ2v) is 8.14. The van der Waals surface area contributed by atoms with Crippen molar-refractivity contribution in [2.75, 3.05) is 12.4 Å². The molecule has 0 radical (unpaired) electrons. The van der Waals surface area contributed by atoms with Gasteiger partial charge in [-0.1, -0.05) is 43.3 Å². The van der Waals surface area contributed by atoms with Gasteiger partial charge >= 0.3 is 5.97 Å². The van der Waals surface area contributed by atoms with Crippen molar-refractivity contribution < 1.29 is 29.2 Å². The van der Waals surface area contributed by atoms with Crippen LogP contribution in [0.5, 0.6) is 5.75 Å². The first-order valence-electron chi connectivity index (χ1n) is 9.34. The lowest BCUT2D eigenvalue weighted by Crippen LogP contribution is -2.61. The third kappa shape index (κ3) is 4.27. The summed E-state index contributed by atoms with van der Waals surface area (Å²) in [4.78, 5) is 11.7. The van der Waals surface area contributed by atoms with Crippen molar-refractivity contribution in [2.45, 2.75) is 50.6 Å². The maximum absolute atomic E-state index is 11.7. The van der Waals surface area contributed by atoms with E-state index in [1.165, 1.54) is 18.7 Å². The Morgan fingerprint density at radius 2 is 1.96 bits per heavy atom. The van der Waals surface area contributed by atoms with Crippen LogP contribution in [0.3, 0.4) is 0 Å². The first kappa shape index (κ1) is 20.9. The maximum atomic E-state index is 11.7. The number of thioether (sulfide) groups is 1. The van der Waals surface area contributed by atoms with Crippen molar-refractivity contribution in [1.82, 2.24) is 0 Å². The number of esters is 1. The minimum absolute atomic E-state index is 0.358. The molecule has 1 saturated heterocycles. The Morgan fingerprint density at radius 3 is 2.64 bits per heavy atom. The quantitative estimate of drug-likeness (QED) is 0.714. The smallest absolute Gasteiger partial charge is 0.303 e. The maximum Gasteiger partial charge on any atom is 0.303 e. The van der Waals surface area contributed by atoms with Crippen LogP contribution in [0.1, 0.15) is 19.4 Å². The van der Waals surface area contributed by atoms with Crippen molar-refractivity contribution in [1.29, 1.82) is 0 Å². The minimum atomic E-state index is -1.15. The third-order valence-electron chi connectivity index (χ3n) is 4.76. The molecule has 1 aliphatic rings. The molecule has 2 aromatic carbocycles. The molecule has 28 heavy (non-hydrogen) atoms. The van der Waals surface area contributed by atoms with Crippen molar-refractivity contribution in [3.63, 3.8) is 0 Å². The monoisotopic (exact) mass is 406 g/mol. The molecule has 0 amide bonds. The largest absolute Gasteiger partial charge is 0.483 e. The van der Waals surface area contributed by atoms with Gasteiger partial charge in [0.2, 0.25) is 0 Å². The van der Waals surface area contributed by atoms with Crippen LogP contribution in [0.25, 0.3) is 10.8 Å². The van der Waals surface area contributed by atoms with E-state index in [2.05, 4.69) is 0 Å². The van der Waals surface area contributed by atoms with Crippen LogP contribution in [0.4, 0.5) is 0 Å². The van der Waals surface area contributed by atoms with E-state index in [0.29, 0.717) is 5.75 Å². The predicted molar refractivity (Wildman–Crippen MR) is 109 cm³/mol. The van der Waals surface area contributed by atoms with Crippen LogP contribution in [0.15, 0.2) is 36.4 Å². The van der Waals surface area contributed by atoms with Crippen molar-refractivity contribution in [2.24, 2.45) is 0 Å². The fourth-order valence-electron chi connectivity index (χ4n) is 3.44. The molecule has 6 nitrogen and oxygen atoms in total. The molecule has 5 atom stereocenters. The van der Waals surface area contributed by atoms with E-state index in [-0.39, 0.29) is 6.61 Å². The summed E-state index contributed by atoms with van der Waals surface area (Å²) in [7, 11) is 0. The Bertz CT molecular complexity index is 826. The number of hydrogen-bond donors (Lipinski definition) is 2. The number of aryl methyl sites for hydroxylation is 1. The molecule has 0 bridgehead atoms. The Labute approximate surface area is 168 Å². The lowest BCUT2D eigenvalue weighted by molar-refractivity contribution is -0.212. The molecule has 1 aliphatic heterocycles. The number of ether oxygens (including phenoxy) is 3. The minimum Gasteiger partial charge on any atom is -0.483 e. The molecular weight excluding hydrogens is 380 g/mol. The SMILES string of the molecule is CCSC1O[C@H](CO)[C@@H](O)[C@H](Oc2c(C)ccc3ccccc23)[C@H]1OC(C)=O. The summed E-state index contributed by atoms with van der Waals surface area (Å²) in [5.41, 5.74) is 0.356. The number of benzene rings is 2. The third-order valence-corrected chi connectivity index (χ3v) is 5.80. The van der Waals surface area contributed by atoms with Crippen molar-refractivity contribution in [3.05, 3.63) is 42.0 Å². The first-order valence-corrected chi connectivity index (χ1v) is 10.4. The summed E-state index contributed by atoms with van der Waals surface area (Å²) in [5.74, 6) is 0.864. The molecule has 152 valence electrons. The van der Waals surface area contributed by atoms with Gasteiger partial charge in [0.15, 0.2) is 12.2 Å². The number of hydrogen-bond acceptors (Lipinski definition) is 7. The molecule has 0 spiro atoms. The van der Waals surface area contributed by atoms with Gasteiger partial charge in [0.05, 0.1) is 6.61 Å². The zero-order valence-electron chi connectivity index (χ0n) is 16.2. The highest BCUT2D eigenvalue weighted by atomic mass is 32.2. The molecule has 1 unspecified atom stereocenters. The van der Waals surface area contributed by atoms with Gasteiger partial charge in [0, 0.05) is 12.3 Å². The zero-order chi connectivity index (χ0) is 20.3. The molecular formula is C21H26O6S. The summed E-state index contributed by atoms with van der Waals surface area (Å²) in [5, 5.41) is 22.4. The number of carbonyl (C=O) groups excluding carboxylic acids is 1. The van der Waals surface area contributed by atoms with Crippen LogP contribution < -0.4 is 4.74 Å². The van der Waals surface area contributed by atoms with Gasteiger partial charge in [-0.05, 0) is 23.6 Å². The van der Waals surface area contributed by atoms with Crippen molar-refractivity contribution >= 4 is 28.5 Å². The molecule has 2 aromatic rings. The highest BCUT2D eigenvalue weighted by Crippen LogP contribution is 2.36. The van der Waals surface area contributed by atoms with E-state index >= 15 is 0 Å². The van der Waals surface area contributed by atoms with E-state index in [0.717, 1.165) is 22.1 Å². The first-order chi connectivity index (χ1) is 13.5. The van der Waals surface area contributed by atoms with Gasteiger partial charge in [-0.25, -0.2) is 0 Å². The lowest BCUT2D eigenvalue weighted by Gasteiger charge is -2.43. The average molecular weight is 407 g/mol. The average Bonchev–Trinajstić information content (AvgIpc) is 2.68. The molecule has 0 saturated carbocycles. The van der Waals surface area contributed by atoms with Gasteiger partial charge in [-0.2, -0.15) is 0 Å². The molecule has 1 heterocycles. The topological polar surface area (TPSA) is 85.2 Å². The Morgan fingerprint density at radius 1 is 1.21 bits per heavy atom. The van der Waals surface area contributed by atoms with Crippen LogP contribution in [0.2, 0.25) is 0 Å². The van der Waals surface area contributed by atoms with E-state index in [9.17, 15) is 15.0 Å². The Hall–Kier alpha value is -1.80. The number of rotatable bonds is 6. The number of aliphatic hydroxyl groups is 2. The summed E-state index contributed by atoms with van der Waals surface area (Å²) < 4.78 is 17.6. The van der Waals surface area contributed by atoms with E-state index in [1.54, 1.807) is 0 Å². The van der Waals surface area contributed by atoms with E-state index < -0.39 is 35.8 Å². The van der Waals surface area contributed by atoms with Gasteiger partial charge in [0.1, 0.15) is 23.4 Å². The molecule has 2 N–H and O–H groups in total. The number of fused-ring (bicyclic) bond motifs is 1. The van der Waals surface area contributed by atoms with Crippen LogP contribution in [-0.4, -0.2) is 58.4 Å². The summed E-state index contributed by atoms with van der Waals surface area (Å²) >= 11 is 1.44. The number of aliphatic hydroxyl groups excluding tert-OH is 2. The van der Waals surface area contributed by atoms with Crippen LogP contribution >= 0.6 is 11.8 Å². The van der Waals surface area contributed by atoms with Crippen LogP contribution in [0, 0.1) is 6.92 Å². The normalized spacial score (nSPS) is 27.5. The molecule has 0 aliphatic carbocycles. The Balaban J connectivity index is 2.02. The second-order valence-electron chi connectivity index (χ2n) is 6.76. The fraction of sp³-hybridized carbons (Fsp3) is 0.476. The predicted octanol–water partition coefficient (Wildman–Crippen LogP) is 2.66. The Kier molecular flexibility index (Phi) is 6.82. The molecule has 3 rings (SSSR count). The van der Waals surface area contributed by atoms with Gasteiger partial charge in [-0.15, -0.1) is 11.8 Å². The molecule has 0 aromatic heterocycles. The lowest BCUT2D eigenvalue weighted by atomic mass is 9.99. The fourth-order valence-corrected chi connectivity index (χ4v) is 4.39. The highest BCUT2D eigenvalue weighted by Gasteiger charge is 2.48. The molecule has 1 fully saturated rings. The van der Waals surface area contributed by atoms with Gasteiger partial charge in [0.25, 0.3) is 0 Å². The van der Waals surface area contributed by atoms with Crippen molar-refractivity contribution in [3.8, 4) is 5.75 Å².